The van der Waals surface area contributed by atoms with E-state index in [-0.39, 0.29) is 5.91 Å². The fourth-order valence-corrected chi connectivity index (χ4v) is 3.16. The molecule has 0 radical (unpaired) electrons. The molecule has 0 spiro atoms. The van der Waals surface area contributed by atoms with E-state index in [1.54, 1.807) is 26.4 Å². The molecule has 2 aromatic rings. The van der Waals surface area contributed by atoms with Crippen molar-refractivity contribution in [3.05, 3.63) is 41.4 Å². The fourth-order valence-electron chi connectivity index (χ4n) is 3.16. The number of ether oxygens (including phenoxy) is 1. The number of allylic oxidation sites excluding steroid dienone is 1. The summed E-state index contributed by atoms with van der Waals surface area (Å²) in [6.45, 7) is 7.15. The van der Waals surface area contributed by atoms with E-state index in [0.29, 0.717) is 17.5 Å². The van der Waals surface area contributed by atoms with Crippen LogP contribution >= 0.6 is 0 Å². The van der Waals surface area contributed by atoms with Crippen LogP contribution in [0.5, 0.6) is 5.88 Å². The Kier molecular flexibility index (Phi) is 6.08. The molecule has 1 amide bonds. The van der Waals surface area contributed by atoms with Crippen molar-refractivity contribution in [2.24, 2.45) is 0 Å². The molecule has 0 aromatic carbocycles. The van der Waals surface area contributed by atoms with Gasteiger partial charge in [0.05, 0.1) is 24.7 Å². The molecule has 1 N–H and O–H groups in total. The number of anilines is 2. The van der Waals surface area contributed by atoms with Crippen molar-refractivity contribution in [1.29, 1.82) is 0 Å². The van der Waals surface area contributed by atoms with Crippen LogP contribution in [0.15, 0.2) is 24.4 Å². The van der Waals surface area contributed by atoms with E-state index in [9.17, 15) is 4.79 Å². The van der Waals surface area contributed by atoms with Gasteiger partial charge in [-0.3, -0.25) is 4.79 Å². The van der Waals surface area contributed by atoms with E-state index >= 15 is 0 Å². The smallest absolute Gasteiger partial charge is 0.269 e. The van der Waals surface area contributed by atoms with Gasteiger partial charge >= 0.3 is 0 Å². The molecule has 1 saturated heterocycles. The lowest BCUT2D eigenvalue weighted by Gasteiger charge is -2.36. The van der Waals surface area contributed by atoms with Crippen molar-refractivity contribution in [2.45, 2.75) is 13.8 Å². The van der Waals surface area contributed by atoms with Crippen LogP contribution < -0.4 is 19.9 Å². The van der Waals surface area contributed by atoms with E-state index in [1.165, 1.54) is 0 Å². The molecular formula is C20H26N6O2. The number of aromatic nitrogens is 3. The lowest BCUT2D eigenvalue weighted by atomic mass is 10.2. The highest BCUT2D eigenvalue weighted by atomic mass is 16.5. The Labute approximate surface area is 165 Å². The first-order chi connectivity index (χ1) is 13.6. The molecular weight excluding hydrogens is 356 g/mol. The first-order valence-corrected chi connectivity index (χ1v) is 9.30. The summed E-state index contributed by atoms with van der Waals surface area (Å²) in [5, 5.41) is 2.58. The summed E-state index contributed by atoms with van der Waals surface area (Å²) in [7, 11) is 3.23. The van der Waals surface area contributed by atoms with Crippen molar-refractivity contribution in [2.75, 3.05) is 50.1 Å². The lowest BCUT2D eigenvalue weighted by molar-refractivity contribution is 0.0958. The van der Waals surface area contributed by atoms with Gasteiger partial charge in [0.25, 0.3) is 5.91 Å². The van der Waals surface area contributed by atoms with Gasteiger partial charge in [-0.25, -0.2) is 9.97 Å². The second-order valence-electron chi connectivity index (χ2n) is 6.50. The van der Waals surface area contributed by atoms with Crippen molar-refractivity contribution < 1.29 is 9.53 Å². The highest BCUT2D eigenvalue weighted by Crippen LogP contribution is 2.24. The first kappa shape index (κ1) is 19.6. The molecule has 1 aliphatic heterocycles. The Bertz CT molecular complexity index is 858. The zero-order valence-corrected chi connectivity index (χ0v) is 16.8. The predicted octanol–water partition coefficient (Wildman–Crippen LogP) is 1.91. The number of piperazine rings is 1. The number of hydrogen-bond donors (Lipinski definition) is 1. The Morgan fingerprint density at radius 1 is 1.18 bits per heavy atom. The van der Waals surface area contributed by atoms with Gasteiger partial charge in [0, 0.05) is 38.8 Å². The van der Waals surface area contributed by atoms with Gasteiger partial charge in [-0.1, -0.05) is 6.08 Å². The number of hydrogen-bond acceptors (Lipinski definition) is 7. The van der Waals surface area contributed by atoms with Crippen LogP contribution in [0.2, 0.25) is 0 Å². The van der Waals surface area contributed by atoms with Crippen LogP contribution in [-0.4, -0.2) is 61.2 Å². The number of carbonyl (C=O) groups excluding carboxylic acids is 1. The van der Waals surface area contributed by atoms with Gasteiger partial charge < -0.3 is 19.9 Å². The van der Waals surface area contributed by atoms with Crippen molar-refractivity contribution in [3.63, 3.8) is 0 Å². The largest absolute Gasteiger partial charge is 0.481 e. The van der Waals surface area contributed by atoms with Crippen LogP contribution in [0, 0.1) is 6.92 Å². The quantitative estimate of drug-likeness (QED) is 0.846. The molecule has 0 bridgehead atoms. The molecule has 8 nitrogen and oxygen atoms in total. The highest BCUT2D eigenvalue weighted by Gasteiger charge is 2.21. The Balaban J connectivity index is 1.71. The normalized spacial score (nSPS) is 14.4. The number of amides is 1. The van der Waals surface area contributed by atoms with Crippen molar-refractivity contribution >= 4 is 23.6 Å². The molecule has 148 valence electrons. The highest BCUT2D eigenvalue weighted by molar-refractivity contribution is 5.92. The van der Waals surface area contributed by atoms with Gasteiger partial charge in [-0.05, 0) is 32.1 Å². The summed E-state index contributed by atoms with van der Waals surface area (Å²) < 4.78 is 5.43. The minimum atomic E-state index is -0.182. The maximum absolute atomic E-state index is 11.6. The van der Waals surface area contributed by atoms with Crippen LogP contribution in [0.3, 0.4) is 0 Å². The van der Waals surface area contributed by atoms with Crippen LogP contribution in [0.1, 0.15) is 28.7 Å². The summed E-state index contributed by atoms with van der Waals surface area (Å²) >= 11 is 0. The molecule has 3 heterocycles. The third-order valence-electron chi connectivity index (χ3n) is 4.78. The van der Waals surface area contributed by atoms with E-state index < -0.39 is 0 Å². The van der Waals surface area contributed by atoms with Crippen molar-refractivity contribution in [1.82, 2.24) is 20.3 Å². The van der Waals surface area contributed by atoms with E-state index in [0.717, 1.165) is 43.1 Å². The second kappa shape index (κ2) is 8.69. The second-order valence-corrected chi connectivity index (χ2v) is 6.50. The third kappa shape index (κ3) is 4.05. The Morgan fingerprint density at radius 2 is 1.89 bits per heavy atom. The van der Waals surface area contributed by atoms with Gasteiger partial charge in [0.2, 0.25) is 11.8 Å². The lowest BCUT2D eigenvalue weighted by Crippen LogP contribution is -2.47. The number of carbonyl (C=O) groups is 1. The zero-order valence-electron chi connectivity index (χ0n) is 16.8. The molecule has 3 rings (SSSR count). The zero-order chi connectivity index (χ0) is 20.1. The standard InChI is InChI=1S/C20H26N6O2/c1-5-6-16-14(2)19(28-4)24-20(23-16)26-11-9-25(10-12-26)15-7-8-17(22-13-15)18(27)21-3/h5-8,13H,9-12H2,1-4H3,(H,21,27)/b6-5-. The summed E-state index contributed by atoms with van der Waals surface area (Å²) in [5.41, 5.74) is 3.23. The molecule has 8 heteroatoms. The SMILES string of the molecule is C/C=C\c1nc(N2CCN(c3ccc(C(=O)NC)nc3)CC2)nc(OC)c1C. The monoisotopic (exact) mass is 382 g/mol. The first-order valence-electron chi connectivity index (χ1n) is 9.30. The molecule has 0 saturated carbocycles. The molecule has 0 aliphatic carbocycles. The Morgan fingerprint density at radius 3 is 2.46 bits per heavy atom. The van der Waals surface area contributed by atoms with E-state index in [4.69, 9.17) is 9.72 Å². The number of pyridine rings is 1. The molecule has 2 aromatic heterocycles. The fraction of sp³-hybridized carbons (Fsp3) is 0.400. The van der Waals surface area contributed by atoms with Gasteiger partial charge in [0.15, 0.2) is 0 Å². The topological polar surface area (TPSA) is 83.5 Å². The average Bonchev–Trinajstić information content (AvgIpc) is 2.75. The summed E-state index contributed by atoms with van der Waals surface area (Å²) in [6, 6.07) is 3.68. The number of nitrogens with zero attached hydrogens (tertiary/aromatic N) is 5. The minimum Gasteiger partial charge on any atom is -0.481 e. The molecule has 1 aliphatic rings. The predicted molar refractivity (Wildman–Crippen MR) is 110 cm³/mol. The van der Waals surface area contributed by atoms with Crippen molar-refractivity contribution in [3.8, 4) is 5.88 Å². The summed E-state index contributed by atoms with van der Waals surface area (Å²) in [4.78, 5) is 29.6. The van der Waals surface area contributed by atoms with Gasteiger partial charge in [-0.2, -0.15) is 4.98 Å². The minimum absolute atomic E-state index is 0.182. The maximum Gasteiger partial charge on any atom is 0.269 e. The number of rotatable bonds is 5. The molecule has 28 heavy (non-hydrogen) atoms. The maximum atomic E-state index is 11.6. The van der Waals surface area contributed by atoms with Gasteiger partial charge in [0.1, 0.15) is 5.69 Å². The molecule has 0 unspecified atom stereocenters. The van der Waals surface area contributed by atoms with Gasteiger partial charge in [-0.15, -0.1) is 0 Å². The summed E-state index contributed by atoms with van der Waals surface area (Å²) in [6.07, 6.45) is 5.68. The Hall–Kier alpha value is -3.16. The van der Waals surface area contributed by atoms with Crippen LogP contribution in [0.25, 0.3) is 6.08 Å². The third-order valence-corrected chi connectivity index (χ3v) is 4.78. The number of methoxy groups -OCH3 is 1. The van der Waals surface area contributed by atoms with E-state index in [2.05, 4.69) is 25.1 Å². The van der Waals surface area contributed by atoms with Crippen LogP contribution in [0.4, 0.5) is 11.6 Å². The summed E-state index contributed by atoms with van der Waals surface area (Å²) in [5.74, 6) is 1.11. The van der Waals surface area contributed by atoms with E-state index in [1.807, 2.05) is 32.1 Å². The van der Waals surface area contributed by atoms with Crippen LogP contribution in [-0.2, 0) is 0 Å². The average molecular weight is 382 g/mol. The molecule has 0 atom stereocenters. The number of nitrogens with one attached hydrogen (secondary N) is 1. The molecule has 1 fully saturated rings.